The van der Waals surface area contributed by atoms with Crippen molar-refractivity contribution in [3.63, 3.8) is 0 Å². The second kappa shape index (κ2) is 6.64. The maximum absolute atomic E-state index is 13.5. The van der Waals surface area contributed by atoms with Crippen molar-refractivity contribution >= 4 is 33.2 Å². The molecule has 2 aromatic carbocycles. The van der Waals surface area contributed by atoms with Gasteiger partial charge in [-0.25, -0.2) is 0 Å². The highest BCUT2D eigenvalue weighted by molar-refractivity contribution is 9.10. The number of rotatable bonds is 2. The average molecular weight is 424 g/mol. The molecule has 1 saturated heterocycles. The van der Waals surface area contributed by atoms with E-state index in [4.69, 9.17) is 4.99 Å². The Morgan fingerprint density at radius 1 is 1.11 bits per heavy atom. The number of hydrogen-bond acceptors (Lipinski definition) is 3. The number of fused-ring (bicyclic) bond motifs is 1. The van der Waals surface area contributed by atoms with E-state index in [2.05, 4.69) is 47.2 Å². The molecule has 0 aliphatic carbocycles. The summed E-state index contributed by atoms with van der Waals surface area (Å²) in [7, 11) is 0. The van der Waals surface area contributed by atoms with E-state index < -0.39 is 0 Å². The van der Waals surface area contributed by atoms with Crippen molar-refractivity contribution in [1.82, 2.24) is 5.32 Å². The van der Waals surface area contributed by atoms with Gasteiger partial charge in [0.1, 0.15) is 5.71 Å². The van der Waals surface area contributed by atoms with Gasteiger partial charge in [-0.1, -0.05) is 46.3 Å². The lowest BCUT2D eigenvalue weighted by Gasteiger charge is -2.26. The molecule has 1 atom stereocenters. The van der Waals surface area contributed by atoms with Crippen LogP contribution in [-0.2, 0) is 4.79 Å². The lowest BCUT2D eigenvalue weighted by Crippen LogP contribution is -2.34. The molecule has 0 spiro atoms. The summed E-state index contributed by atoms with van der Waals surface area (Å²) in [5, 5.41) is 3.49. The first kappa shape index (κ1) is 18.0. The minimum atomic E-state index is -0.342. The second-order valence-electron chi connectivity index (χ2n) is 7.63. The Morgan fingerprint density at radius 3 is 2.44 bits per heavy atom. The molecule has 1 N–H and O–H groups in total. The summed E-state index contributed by atoms with van der Waals surface area (Å²) < 4.78 is 1.02. The fraction of sp³-hybridized carbons (Fsp3) is 0.273. The third kappa shape index (κ3) is 3.21. The van der Waals surface area contributed by atoms with Gasteiger partial charge in [0, 0.05) is 28.0 Å². The average Bonchev–Trinajstić information content (AvgIpc) is 2.86. The van der Waals surface area contributed by atoms with Gasteiger partial charge in [-0.2, -0.15) is 0 Å². The number of halogens is 1. The maximum atomic E-state index is 13.5. The number of benzene rings is 2. The number of nitrogens with one attached hydrogen (secondary N) is 1. The van der Waals surface area contributed by atoms with Crippen molar-refractivity contribution in [1.29, 1.82) is 0 Å². The SMILES string of the molecule is CC1=C2C(=NC(C)(C)CN1)C(=O)N(c1ccccc1)C2c1ccc(Br)cc1. The number of allylic oxidation sites excluding steroid dienone is 1. The number of nitrogens with zero attached hydrogens (tertiary/aromatic N) is 2. The fourth-order valence-corrected chi connectivity index (χ4v) is 3.96. The van der Waals surface area contributed by atoms with Crippen LogP contribution in [0.25, 0.3) is 0 Å². The van der Waals surface area contributed by atoms with E-state index in [0.29, 0.717) is 12.3 Å². The normalized spacial score (nSPS) is 21.5. The van der Waals surface area contributed by atoms with E-state index in [1.807, 2.05) is 54.3 Å². The van der Waals surface area contributed by atoms with Crippen molar-refractivity contribution in [3.05, 3.63) is 75.9 Å². The first-order chi connectivity index (χ1) is 12.9. The largest absolute Gasteiger partial charge is 0.386 e. The lowest BCUT2D eigenvalue weighted by atomic mass is 9.96. The van der Waals surface area contributed by atoms with E-state index >= 15 is 0 Å². The maximum Gasteiger partial charge on any atom is 0.277 e. The number of para-hydroxylation sites is 1. The highest BCUT2D eigenvalue weighted by Gasteiger charge is 2.45. The van der Waals surface area contributed by atoms with Gasteiger partial charge in [0.05, 0.1) is 11.6 Å². The number of anilines is 1. The molecule has 2 aliphatic rings. The standard InChI is InChI=1S/C22H22BrN3O/c1-14-18-19(25-22(2,3)13-24-14)21(27)26(17-7-5-4-6-8-17)20(18)15-9-11-16(23)12-10-15/h4-12,20,24H,13H2,1-3H3. The van der Waals surface area contributed by atoms with Crippen LogP contribution >= 0.6 is 15.9 Å². The Hall–Kier alpha value is -2.40. The van der Waals surface area contributed by atoms with Gasteiger partial charge >= 0.3 is 0 Å². The highest BCUT2D eigenvalue weighted by atomic mass is 79.9. The predicted molar refractivity (Wildman–Crippen MR) is 113 cm³/mol. The number of amides is 1. The lowest BCUT2D eigenvalue weighted by molar-refractivity contribution is -0.112. The summed E-state index contributed by atoms with van der Waals surface area (Å²) in [4.78, 5) is 20.2. The minimum absolute atomic E-state index is 0.0414. The van der Waals surface area contributed by atoms with Gasteiger partial charge in [0.2, 0.25) is 0 Å². The van der Waals surface area contributed by atoms with Crippen LogP contribution in [0.4, 0.5) is 5.69 Å². The molecule has 1 fully saturated rings. The molecule has 0 bridgehead atoms. The smallest absolute Gasteiger partial charge is 0.277 e. The molecule has 2 aromatic rings. The summed E-state index contributed by atoms with van der Waals surface area (Å²) in [6.07, 6.45) is 0. The van der Waals surface area contributed by atoms with Gasteiger partial charge in [-0.05, 0) is 50.6 Å². The quantitative estimate of drug-likeness (QED) is 0.764. The number of carbonyl (C=O) groups excluding carboxylic acids is 1. The fourth-order valence-electron chi connectivity index (χ4n) is 3.70. The Balaban J connectivity index is 1.95. The first-order valence-corrected chi connectivity index (χ1v) is 9.86. The monoisotopic (exact) mass is 423 g/mol. The van der Waals surface area contributed by atoms with Crippen LogP contribution in [-0.4, -0.2) is 23.7 Å². The summed E-state index contributed by atoms with van der Waals surface area (Å²) >= 11 is 3.51. The van der Waals surface area contributed by atoms with Crippen molar-refractivity contribution in [2.45, 2.75) is 32.4 Å². The summed E-state index contributed by atoms with van der Waals surface area (Å²) in [5.74, 6) is -0.0414. The summed E-state index contributed by atoms with van der Waals surface area (Å²) in [5.41, 5.74) is 4.15. The molecular formula is C22H22BrN3O. The topological polar surface area (TPSA) is 44.7 Å². The molecule has 2 heterocycles. The summed E-state index contributed by atoms with van der Waals surface area (Å²) in [6.45, 7) is 6.85. The molecule has 1 unspecified atom stereocenters. The van der Waals surface area contributed by atoms with Crippen LogP contribution in [0.3, 0.4) is 0 Å². The van der Waals surface area contributed by atoms with Crippen LogP contribution < -0.4 is 10.2 Å². The third-order valence-electron chi connectivity index (χ3n) is 5.03. The van der Waals surface area contributed by atoms with Crippen LogP contribution in [0.5, 0.6) is 0 Å². The van der Waals surface area contributed by atoms with E-state index in [1.165, 1.54) is 0 Å². The van der Waals surface area contributed by atoms with Crippen LogP contribution in [0.15, 0.2) is 75.3 Å². The highest BCUT2D eigenvalue weighted by Crippen LogP contribution is 2.42. The van der Waals surface area contributed by atoms with Crippen molar-refractivity contribution in [2.24, 2.45) is 4.99 Å². The molecule has 0 saturated carbocycles. The molecule has 5 heteroatoms. The van der Waals surface area contributed by atoms with E-state index in [0.717, 1.165) is 27.0 Å². The van der Waals surface area contributed by atoms with Crippen molar-refractivity contribution in [2.75, 3.05) is 11.4 Å². The molecular weight excluding hydrogens is 402 g/mol. The van der Waals surface area contributed by atoms with Gasteiger partial charge in [0.25, 0.3) is 5.91 Å². The van der Waals surface area contributed by atoms with Crippen molar-refractivity contribution in [3.8, 4) is 0 Å². The number of hydrogen-bond donors (Lipinski definition) is 1. The van der Waals surface area contributed by atoms with Gasteiger partial charge in [-0.3, -0.25) is 14.7 Å². The third-order valence-corrected chi connectivity index (χ3v) is 5.56. The second-order valence-corrected chi connectivity index (χ2v) is 8.55. The molecule has 2 aliphatic heterocycles. The van der Waals surface area contributed by atoms with E-state index in [-0.39, 0.29) is 17.5 Å². The molecule has 27 heavy (non-hydrogen) atoms. The van der Waals surface area contributed by atoms with Gasteiger partial charge in [0.15, 0.2) is 0 Å². The Bertz CT molecular complexity index is 945. The van der Waals surface area contributed by atoms with Crippen LogP contribution in [0.2, 0.25) is 0 Å². The number of carbonyl (C=O) groups is 1. The minimum Gasteiger partial charge on any atom is -0.386 e. The zero-order valence-corrected chi connectivity index (χ0v) is 17.2. The first-order valence-electron chi connectivity index (χ1n) is 9.06. The molecule has 4 nitrogen and oxygen atoms in total. The Morgan fingerprint density at radius 2 is 1.78 bits per heavy atom. The number of aliphatic imine (C=N–C) groups is 1. The van der Waals surface area contributed by atoms with Gasteiger partial charge in [-0.15, -0.1) is 0 Å². The van der Waals surface area contributed by atoms with Crippen molar-refractivity contribution < 1.29 is 4.79 Å². The van der Waals surface area contributed by atoms with Crippen LogP contribution in [0, 0.1) is 0 Å². The zero-order chi connectivity index (χ0) is 19.2. The molecule has 138 valence electrons. The zero-order valence-electron chi connectivity index (χ0n) is 15.7. The molecule has 1 amide bonds. The van der Waals surface area contributed by atoms with E-state index in [9.17, 15) is 4.79 Å². The molecule has 0 aromatic heterocycles. The Kier molecular flexibility index (Phi) is 4.42. The van der Waals surface area contributed by atoms with Crippen LogP contribution in [0.1, 0.15) is 32.4 Å². The van der Waals surface area contributed by atoms with Gasteiger partial charge < -0.3 is 5.32 Å². The Labute approximate surface area is 168 Å². The molecule has 4 rings (SSSR count). The van der Waals surface area contributed by atoms with E-state index in [1.54, 1.807) is 0 Å². The molecule has 0 radical (unpaired) electrons. The predicted octanol–water partition coefficient (Wildman–Crippen LogP) is 4.63. The summed E-state index contributed by atoms with van der Waals surface area (Å²) in [6, 6.07) is 17.8.